The van der Waals surface area contributed by atoms with Crippen molar-refractivity contribution in [1.82, 2.24) is 0 Å². The highest BCUT2D eigenvalue weighted by Gasteiger charge is 1.97. The zero-order valence-corrected chi connectivity index (χ0v) is 11.0. The van der Waals surface area contributed by atoms with E-state index >= 15 is 0 Å². The Labute approximate surface area is 110 Å². The van der Waals surface area contributed by atoms with Gasteiger partial charge in [0.1, 0.15) is 0 Å². The van der Waals surface area contributed by atoms with Gasteiger partial charge in [-0.2, -0.15) is 0 Å². The van der Waals surface area contributed by atoms with Gasteiger partial charge in [0.25, 0.3) is 0 Å². The lowest BCUT2D eigenvalue weighted by atomic mass is 10.1. The van der Waals surface area contributed by atoms with E-state index in [1.54, 1.807) is 5.41 Å². The summed E-state index contributed by atoms with van der Waals surface area (Å²) in [5.74, 6) is 0. The van der Waals surface area contributed by atoms with Crippen LogP contribution in [0.4, 0.5) is 0 Å². The molecule has 0 aliphatic heterocycles. The van der Waals surface area contributed by atoms with Crippen molar-refractivity contribution < 1.29 is 4.21 Å². The fraction of sp³-hybridized carbons (Fsp3) is 0.0625. The first-order valence-electron chi connectivity index (χ1n) is 5.72. The van der Waals surface area contributed by atoms with Crippen LogP contribution in [0.25, 0.3) is 5.57 Å². The van der Waals surface area contributed by atoms with Gasteiger partial charge < -0.3 is 0 Å². The molecule has 2 heteroatoms. The maximum absolute atomic E-state index is 12.0. The molecule has 2 aromatic carbocycles. The zero-order valence-electron chi connectivity index (χ0n) is 10.2. The second kappa shape index (κ2) is 6.15. The quantitative estimate of drug-likeness (QED) is 0.756. The average Bonchev–Trinajstić information content (AvgIpc) is 2.46. The highest BCUT2D eigenvalue weighted by Crippen LogP contribution is 2.12. The summed E-state index contributed by atoms with van der Waals surface area (Å²) in [6.45, 7) is 1.97. The molecular formula is C16H14OS. The highest BCUT2D eigenvalue weighted by molar-refractivity contribution is 7.88. The van der Waals surface area contributed by atoms with Crippen molar-refractivity contribution in [2.45, 2.75) is 11.8 Å². The minimum Gasteiger partial charge on any atom is -0.249 e. The standard InChI is InChI=1S/C16H14OS/c1-14(15-8-4-2-5-9-15)12-13-18(17)16-10-6-3-7-11-16/h2-11,13H,1H3. The fourth-order valence-electron chi connectivity index (χ4n) is 1.54. The van der Waals surface area contributed by atoms with Crippen molar-refractivity contribution >= 4 is 16.4 Å². The van der Waals surface area contributed by atoms with Crippen molar-refractivity contribution in [3.05, 3.63) is 77.4 Å². The summed E-state index contributed by atoms with van der Waals surface area (Å²) in [4.78, 5) is 0.797. The smallest absolute Gasteiger partial charge is 0.0854 e. The number of hydrogen-bond acceptors (Lipinski definition) is 1. The van der Waals surface area contributed by atoms with Gasteiger partial charge >= 0.3 is 0 Å². The summed E-state index contributed by atoms with van der Waals surface area (Å²) >= 11 is 0. The van der Waals surface area contributed by atoms with Crippen LogP contribution in [-0.4, -0.2) is 4.21 Å². The second-order valence-electron chi connectivity index (χ2n) is 3.86. The molecule has 0 spiro atoms. The summed E-state index contributed by atoms with van der Waals surface area (Å²) in [6.07, 6.45) is 0. The Morgan fingerprint density at radius 1 is 1.00 bits per heavy atom. The third-order valence-corrected chi connectivity index (χ3v) is 3.63. The number of benzene rings is 2. The highest BCUT2D eigenvalue weighted by atomic mass is 32.2. The maximum atomic E-state index is 12.0. The molecule has 2 rings (SSSR count). The Hall–Kier alpha value is -1.89. The van der Waals surface area contributed by atoms with Gasteiger partial charge in [-0.15, -0.1) is 5.73 Å². The minimum atomic E-state index is -1.13. The SMILES string of the molecule is CC(=C=CS(=O)c1ccccc1)c1ccccc1. The van der Waals surface area contributed by atoms with E-state index in [-0.39, 0.29) is 0 Å². The summed E-state index contributed by atoms with van der Waals surface area (Å²) in [7, 11) is -1.13. The summed E-state index contributed by atoms with van der Waals surface area (Å²) in [6, 6.07) is 19.4. The lowest BCUT2D eigenvalue weighted by Gasteiger charge is -1.97. The van der Waals surface area contributed by atoms with E-state index in [1.807, 2.05) is 67.6 Å². The van der Waals surface area contributed by atoms with Gasteiger partial charge in [0.05, 0.1) is 10.8 Å². The Balaban J connectivity index is 2.23. The van der Waals surface area contributed by atoms with E-state index in [2.05, 4.69) is 5.73 Å². The van der Waals surface area contributed by atoms with Crippen LogP contribution in [0.15, 0.2) is 76.7 Å². The summed E-state index contributed by atoms with van der Waals surface area (Å²) < 4.78 is 12.0. The molecule has 0 aliphatic carbocycles. The zero-order chi connectivity index (χ0) is 12.8. The molecule has 0 heterocycles. The van der Waals surface area contributed by atoms with E-state index in [1.165, 1.54) is 0 Å². The third-order valence-electron chi connectivity index (χ3n) is 2.56. The van der Waals surface area contributed by atoms with E-state index < -0.39 is 10.8 Å². The number of allylic oxidation sites excluding steroid dienone is 1. The maximum Gasteiger partial charge on any atom is 0.0854 e. The third kappa shape index (κ3) is 3.30. The van der Waals surface area contributed by atoms with Crippen LogP contribution in [0.5, 0.6) is 0 Å². The molecule has 1 nitrogen and oxygen atoms in total. The normalized spacial score (nSPS) is 11.4. The van der Waals surface area contributed by atoms with Crippen LogP contribution in [0.2, 0.25) is 0 Å². The molecule has 1 atom stereocenters. The fourth-order valence-corrected chi connectivity index (χ4v) is 2.38. The Morgan fingerprint density at radius 2 is 1.56 bits per heavy atom. The monoisotopic (exact) mass is 254 g/mol. The average molecular weight is 254 g/mol. The Kier molecular flexibility index (Phi) is 4.30. The summed E-state index contributed by atoms with van der Waals surface area (Å²) in [5, 5.41) is 1.61. The van der Waals surface area contributed by atoms with E-state index in [4.69, 9.17) is 0 Å². The molecule has 0 fully saturated rings. The van der Waals surface area contributed by atoms with E-state index in [9.17, 15) is 4.21 Å². The first kappa shape index (κ1) is 12.6. The van der Waals surface area contributed by atoms with Crippen molar-refractivity contribution in [2.24, 2.45) is 0 Å². The Bertz CT molecular complexity index is 594. The first-order chi connectivity index (χ1) is 8.77. The van der Waals surface area contributed by atoms with Gasteiger partial charge in [0, 0.05) is 10.3 Å². The number of hydrogen-bond donors (Lipinski definition) is 0. The molecule has 18 heavy (non-hydrogen) atoms. The Morgan fingerprint density at radius 3 is 2.17 bits per heavy atom. The topological polar surface area (TPSA) is 17.1 Å². The van der Waals surface area contributed by atoms with Gasteiger partial charge in [0.2, 0.25) is 0 Å². The van der Waals surface area contributed by atoms with Crippen LogP contribution in [0.3, 0.4) is 0 Å². The molecule has 0 bridgehead atoms. The minimum absolute atomic E-state index is 0.797. The van der Waals surface area contributed by atoms with Crippen LogP contribution < -0.4 is 0 Å². The molecular weight excluding hydrogens is 240 g/mol. The predicted octanol–water partition coefficient (Wildman–Crippen LogP) is 4.01. The van der Waals surface area contributed by atoms with E-state index in [0.29, 0.717) is 0 Å². The molecule has 0 N–H and O–H groups in total. The molecule has 90 valence electrons. The molecule has 0 aliphatic rings. The van der Waals surface area contributed by atoms with Crippen molar-refractivity contribution in [3.63, 3.8) is 0 Å². The molecule has 1 unspecified atom stereocenters. The van der Waals surface area contributed by atoms with Gasteiger partial charge in [-0.05, 0) is 30.2 Å². The van der Waals surface area contributed by atoms with Crippen LogP contribution in [-0.2, 0) is 10.8 Å². The van der Waals surface area contributed by atoms with Crippen molar-refractivity contribution in [3.8, 4) is 0 Å². The van der Waals surface area contributed by atoms with Gasteiger partial charge in [0.15, 0.2) is 0 Å². The first-order valence-corrected chi connectivity index (χ1v) is 6.93. The molecule has 2 aromatic rings. The van der Waals surface area contributed by atoms with Crippen molar-refractivity contribution in [1.29, 1.82) is 0 Å². The molecule has 0 saturated carbocycles. The molecule has 0 amide bonds. The summed E-state index contributed by atoms with van der Waals surface area (Å²) in [5.41, 5.74) is 5.17. The second-order valence-corrected chi connectivity index (χ2v) is 5.17. The molecule has 0 radical (unpaired) electrons. The van der Waals surface area contributed by atoms with Crippen LogP contribution in [0, 0.1) is 0 Å². The van der Waals surface area contributed by atoms with Crippen molar-refractivity contribution in [2.75, 3.05) is 0 Å². The van der Waals surface area contributed by atoms with Gasteiger partial charge in [-0.1, -0.05) is 48.5 Å². The lowest BCUT2D eigenvalue weighted by Crippen LogP contribution is -1.84. The lowest BCUT2D eigenvalue weighted by molar-refractivity contribution is 0.688. The van der Waals surface area contributed by atoms with Crippen LogP contribution >= 0.6 is 0 Å². The van der Waals surface area contributed by atoms with Gasteiger partial charge in [-0.3, -0.25) is 0 Å². The van der Waals surface area contributed by atoms with Gasteiger partial charge in [-0.25, -0.2) is 4.21 Å². The predicted molar refractivity (Wildman–Crippen MR) is 76.5 cm³/mol. The van der Waals surface area contributed by atoms with Crippen LogP contribution in [0.1, 0.15) is 12.5 Å². The molecule has 0 saturated heterocycles. The van der Waals surface area contributed by atoms with E-state index in [0.717, 1.165) is 16.0 Å². The number of rotatable bonds is 3. The largest absolute Gasteiger partial charge is 0.249 e. The molecule has 0 aromatic heterocycles.